The van der Waals surface area contributed by atoms with Gasteiger partial charge in [0.05, 0.1) is 0 Å². The second-order valence-corrected chi connectivity index (χ2v) is 6.01. The van der Waals surface area contributed by atoms with Gasteiger partial charge in [0.15, 0.2) is 0 Å². The average Bonchev–Trinajstić information content (AvgIpc) is 2.23. The van der Waals surface area contributed by atoms with E-state index >= 15 is 0 Å². The van der Waals surface area contributed by atoms with Crippen molar-refractivity contribution in [3.05, 3.63) is 33.3 Å². The third-order valence-corrected chi connectivity index (χ3v) is 3.99. The molecule has 1 nitrogen and oxygen atoms in total. The number of hydrogen-bond donors (Lipinski definition) is 1. The highest BCUT2D eigenvalue weighted by atomic mass is 79.9. The summed E-state index contributed by atoms with van der Waals surface area (Å²) >= 11 is 11.4. The smallest absolute Gasteiger partial charge is 0.0451 e. The van der Waals surface area contributed by atoms with Crippen LogP contribution in [0, 0.1) is 0 Å². The minimum atomic E-state index is 0.635. The highest BCUT2D eigenvalue weighted by molar-refractivity contribution is 9.10. The van der Waals surface area contributed by atoms with E-state index in [-0.39, 0.29) is 0 Å². The normalized spacial score (nSPS) is 12.8. The zero-order chi connectivity index (χ0) is 11.3. The van der Waals surface area contributed by atoms with E-state index in [0.717, 1.165) is 28.1 Å². The van der Waals surface area contributed by atoms with E-state index in [1.807, 2.05) is 23.9 Å². The van der Waals surface area contributed by atoms with Crippen LogP contribution >= 0.6 is 39.3 Å². The third kappa shape index (κ3) is 4.77. The summed E-state index contributed by atoms with van der Waals surface area (Å²) in [6.45, 7) is 4.04. The molecule has 0 aromatic heterocycles. The highest BCUT2D eigenvalue weighted by Gasteiger charge is 2.02. The molecule has 84 valence electrons. The fraction of sp³-hybridized carbons (Fsp3) is 0.455. The van der Waals surface area contributed by atoms with Gasteiger partial charge in [0.2, 0.25) is 0 Å². The summed E-state index contributed by atoms with van der Waals surface area (Å²) in [4.78, 5) is 0. The summed E-state index contributed by atoms with van der Waals surface area (Å²) in [5.74, 6) is 0. The quantitative estimate of drug-likeness (QED) is 0.884. The maximum atomic E-state index is 6.08. The van der Waals surface area contributed by atoms with Gasteiger partial charge in [-0.25, -0.2) is 0 Å². The first-order valence-electron chi connectivity index (χ1n) is 4.81. The fourth-order valence-corrected chi connectivity index (χ4v) is 2.05. The monoisotopic (exact) mass is 307 g/mol. The number of rotatable bonds is 5. The fourth-order valence-electron chi connectivity index (χ4n) is 1.17. The van der Waals surface area contributed by atoms with Crippen LogP contribution in [0.3, 0.4) is 0 Å². The Hall–Kier alpha value is 0.300. The molecule has 0 radical (unpaired) electrons. The molecule has 4 heteroatoms. The van der Waals surface area contributed by atoms with Gasteiger partial charge in [0, 0.05) is 27.8 Å². The summed E-state index contributed by atoms with van der Waals surface area (Å²) in [6, 6.07) is 5.93. The summed E-state index contributed by atoms with van der Waals surface area (Å²) in [7, 11) is 0. The molecule has 0 fully saturated rings. The maximum absolute atomic E-state index is 6.08. The van der Waals surface area contributed by atoms with Crippen LogP contribution in [-0.2, 0) is 6.54 Å². The molecule has 1 unspecified atom stereocenters. The Morgan fingerprint density at radius 1 is 1.53 bits per heavy atom. The topological polar surface area (TPSA) is 12.0 Å². The first kappa shape index (κ1) is 13.4. The lowest BCUT2D eigenvalue weighted by Crippen LogP contribution is -2.22. The van der Waals surface area contributed by atoms with Gasteiger partial charge in [0.25, 0.3) is 0 Å². The van der Waals surface area contributed by atoms with Crippen LogP contribution in [-0.4, -0.2) is 18.1 Å². The molecule has 1 atom stereocenters. The molecule has 0 aliphatic carbocycles. The largest absolute Gasteiger partial charge is 0.312 e. The van der Waals surface area contributed by atoms with E-state index < -0.39 is 0 Å². The Bertz CT molecular complexity index is 319. The third-order valence-electron chi connectivity index (χ3n) is 2.16. The predicted octanol–water partition coefficient (Wildman–Crippen LogP) is 3.94. The highest BCUT2D eigenvalue weighted by Crippen LogP contribution is 2.20. The molecule has 0 aliphatic rings. The van der Waals surface area contributed by atoms with E-state index in [1.165, 1.54) is 0 Å². The van der Waals surface area contributed by atoms with Crippen molar-refractivity contribution >= 4 is 39.3 Å². The van der Waals surface area contributed by atoms with Crippen LogP contribution in [0.5, 0.6) is 0 Å². The molecule has 1 rings (SSSR count). The van der Waals surface area contributed by atoms with Crippen LogP contribution in [0.15, 0.2) is 22.7 Å². The van der Waals surface area contributed by atoms with E-state index in [2.05, 4.69) is 40.5 Å². The van der Waals surface area contributed by atoms with Gasteiger partial charge in [0.1, 0.15) is 0 Å². The summed E-state index contributed by atoms with van der Waals surface area (Å²) in [5, 5.41) is 4.85. The molecule has 0 spiro atoms. The molecular weight excluding hydrogens is 294 g/mol. The number of benzene rings is 1. The van der Waals surface area contributed by atoms with E-state index in [0.29, 0.717) is 5.25 Å². The molecule has 0 heterocycles. The van der Waals surface area contributed by atoms with Crippen LogP contribution in [0.25, 0.3) is 0 Å². The van der Waals surface area contributed by atoms with Gasteiger partial charge in [-0.15, -0.1) is 0 Å². The van der Waals surface area contributed by atoms with Crippen molar-refractivity contribution in [2.24, 2.45) is 0 Å². The lowest BCUT2D eigenvalue weighted by Gasteiger charge is -2.10. The second kappa shape index (κ2) is 6.79. The van der Waals surface area contributed by atoms with E-state index in [1.54, 1.807) is 0 Å². The Morgan fingerprint density at radius 3 is 2.93 bits per heavy atom. The van der Waals surface area contributed by atoms with Crippen molar-refractivity contribution in [2.45, 2.75) is 18.7 Å². The minimum Gasteiger partial charge on any atom is -0.312 e. The predicted molar refractivity (Wildman–Crippen MR) is 73.8 cm³/mol. The SMILES string of the molecule is CSC(C)CNCc1cc(Br)ccc1Cl. The minimum absolute atomic E-state index is 0.635. The van der Waals surface area contributed by atoms with Crippen LogP contribution in [0.2, 0.25) is 5.02 Å². The molecule has 0 aliphatic heterocycles. The van der Waals surface area contributed by atoms with Crippen molar-refractivity contribution in [1.82, 2.24) is 5.32 Å². The number of halogens is 2. The van der Waals surface area contributed by atoms with Gasteiger partial charge < -0.3 is 5.32 Å². The molecule has 1 N–H and O–H groups in total. The molecule has 15 heavy (non-hydrogen) atoms. The zero-order valence-corrected chi connectivity index (χ0v) is 12.0. The number of nitrogens with one attached hydrogen (secondary N) is 1. The van der Waals surface area contributed by atoms with Gasteiger partial charge in [-0.3, -0.25) is 0 Å². The Kier molecular flexibility index (Phi) is 6.05. The summed E-state index contributed by atoms with van der Waals surface area (Å²) in [6.07, 6.45) is 2.12. The molecule has 0 saturated heterocycles. The molecule has 0 bridgehead atoms. The van der Waals surface area contributed by atoms with Crippen molar-refractivity contribution in [2.75, 3.05) is 12.8 Å². The molecule has 1 aromatic rings. The van der Waals surface area contributed by atoms with E-state index in [9.17, 15) is 0 Å². The number of hydrogen-bond acceptors (Lipinski definition) is 2. The Labute approximate surface area is 109 Å². The standard InChI is InChI=1S/C11H15BrClNS/c1-8(15-2)6-14-7-9-5-10(12)3-4-11(9)13/h3-5,8,14H,6-7H2,1-2H3. The Balaban J connectivity index is 2.46. The molecule has 0 amide bonds. The van der Waals surface area contributed by atoms with Crippen LogP contribution in [0.1, 0.15) is 12.5 Å². The van der Waals surface area contributed by atoms with Gasteiger partial charge in [-0.05, 0) is 30.0 Å². The first-order chi connectivity index (χ1) is 7.13. The first-order valence-corrected chi connectivity index (χ1v) is 7.27. The summed E-state index contributed by atoms with van der Waals surface area (Å²) < 4.78 is 1.07. The Morgan fingerprint density at radius 2 is 2.27 bits per heavy atom. The van der Waals surface area contributed by atoms with Crippen LogP contribution in [0.4, 0.5) is 0 Å². The van der Waals surface area contributed by atoms with Gasteiger partial charge >= 0.3 is 0 Å². The molecule has 1 aromatic carbocycles. The number of thioether (sulfide) groups is 1. The van der Waals surface area contributed by atoms with Gasteiger partial charge in [-0.1, -0.05) is 34.5 Å². The average molecular weight is 309 g/mol. The second-order valence-electron chi connectivity index (χ2n) is 3.41. The van der Waals surface area contributed by atoms with Crippen LogP contribution < -0.4 is 5.32 Å². The zero-order valence-electron chi connectivity index (χ0n) is 8.89. The maximum Gasteiger partial charge on any atom is 0.0451 e. The van der Waals surface area contributed by atoms with Crippen molar-refractivity contribution < 1.29 is 0 Å². The van der Waals surface area contributed by atoms with Crippen molar-refractivity contribution in [1.29, 1.82) is 0 Å². The summed E-state index contributed by atoms with van der Waals surface area (Å²) in [5.41, 5.74) is 1.14. The van der Waals surface area contributed by atoms with Gasteiger partial charge in [-0.2, -0.15) is 11.8 Å². The molecule has 0 saturated carbocycles. The lowest BCUT2D eigenvalue weighted by molar-refractivity contribution is 0.684. The molecular formula is C11H15BrClNS. The van der Waals surface area contributed by atoms with E-state index in [4.69, 9.17) is 11.6 Å². The van der Waals surface area contributed by atoms with Crippen molar-refractivity contribution in [3.63, 3.8) is 0 Å². The lowest BCUT2D eigenvalue weighted by atomic mass is 10.2. The van der Waals surface area contributed by atoms with Crippen molar-refractivity contribution in [3.8, 4) is 0 Å².